The molecule has 2 atom stereocenters. The SMILES string of the molecule is COc1ccc(NC(=O)N2CCC(C)C2CN)cc1. The van der Waals surface area contributed by atoms with E-state index in [4.69, 9.17) is 10.5 Å². The highest BCUT2D eigenvalue weighted by Crippen LogP contribution is 2.24. The molecule has 0 radical (unpaired) electrons. The fourth-order valence-corrected chi connectivity index (χ4v) is 2.49. The lowest BCUT2D eigenvalue weighted by Crippen LogP contribution is -2.44. The fourth-order valence-electron chi connectivity index (χ4n) is 2.49. The largest absolute Gasteiger partial charge is 0.497 e. The molecule has 1 aliphatic heterocycles. The molecule has 0 bridgehead atoms. The van der Waals surface area contributed by atoms with Gasteiger partial charge in [-0.05, 0) is 36.6 Å². The number of carbonyl (C=O) groups is 1. The van der Waals surface area contributed by atoms with Crippen LogP contribution in [0.1, 0.15) is 13.3 Å². The second-order valence-electron chi connectivity index (χ2n) is 4.92. The molecule has 1 fully saturated rings. The molecule has 0 spiro atoms. The highest BCUT2D eigenvalue weighted by Gasteiger charge is 2.33. The Kier molecular flexibility index (Phi) is 4.27. The third-order valence-corrected chi connectivity index (χ3v) is 3.73. The highest BCUT2D eigenvalue weighted by atomic mass is 16.5. The number of hydrogen-bond acceptors (Lipinski definition) is 3. The molecule has 3 N–H and O–H groups in total. The van der Waals surface area contributed by atoms with E-state index < -0.39 is 0 Å². The third-order valence-electron chi connectivity index (χ3n) is 3.73. The number of rotatable bonds is 3. The molecule has 1 heterocycles. The van der Waals surface area contributed by atoms with Crippen molar-refractivity contribution in [2.75, 3.05) is 25.5 Å². The smallest absolute Gasteiger partial charge is 0.322 e. The van der Waals surface area contributed by atoms with Crippen LogP contribution in [0.25, 0.3) is 0 Å². The summed E-state index contributed by atoms with van der Waals surface area (Å²) in [6, 6.07) is 7.36. The van der Waals surface area contributed by atoms with Gasteiger partial charge in [-0.1, -0.05) is 6.92 Å². The lowest BCUT2D eigenvalue weighted by atomic mass is 10.0. The van der Waals surface area contributed by atoms with Crippen LogP contribution in [-0.2, 0) is 0 Å². The molecule has 2 amide bonds. The summed E-state index contributed by atoms with van der Waals surface area (Å²) in [4.78, 5) is 14.0. The summed E-state index contributed by atoms with van der Waals surface area (Å²) in [7, 11) is 1.62. The summed E-state index contributed by atoms with van der Waals surface area (Å²) in [6.07, 6.45) is 1.01. The van der Waals surface area contributed by atoms with Gasteiger partial charge < -0.3 is 20.7 Å². The first kappa shape index (κ1) is 13.7. The molecule has 0 aromatic heterocycles. The Bertz CT molecular complexity index is 433. The molecular weight excluding hydrogens is 242 g/mol. The van der Waals surface area contributed by atoms with E-state index in [0.717, 1.165) is 24.4 Å². The number of carbonyl (C=O) groups excluding carboxylic acids is 1. The van der Waals surface area contributed by atoms with Gasteiger partial charge in [-0.3, -0.25) is 0 Å². The maximum absolute atomic E-state index is 12.2. The van der Waals surface area contributed by atoms with Crippen LogP contribution in [-0.4, -0.2) is 37.2 Å². The number of benzene rings is 1. The maximum Gasteiger partial charge on any atom is 0.322 e. The van der Waals surface area contributed by atoms with Crippen LogP contribution in [0.4, 0.5) is 10.5 Å². The first-order valence-corrected chi connectivity index (χ1v) is 6.57. The summed E-state index contributed by atoms with van der Waals surface area (Å²) in [6.45, 7) is 3.42. The molecule has 104 valence electrons. The van der Waals surface area contributed by atoms with Crippen molar-refractivity contribution in [3.05, 3.63) is 24.3 Å². The Balaban J connectivity index is 2.00. The zero-order valence-corrected chi connectivity index (χ0v) is 11.4. The van der Waals surface area contributed by atoms with Crippen molar-refractivity contribution < 1.29 is 9.53 Å². The molecule has 5 heteroatoms. The van der Waals surface area contributed by atoms with Gasteiger partial charge in [0.25, 0.3) is 0 Å². The molecular formula is C14H21N3O2. The number of likely N-dealkylation sites (tertiary alicyclic amines) is 1. The first-order chi connectivity index (χ1) is 9.15. The van der Waals surface area contributed by atoms with Gasteiger partial charge in [-0.25, -0.2) is 4.79 Å². The predicted octanol–water partition coefficient (Wildman–Crippen LogP) is 1.90. The van der Waals surface area contributed by atoms with Crippen LogP contribution < -0.4 is 15.8 Å². The van der Waals surface area contributed by atoms with E-state index in [-0.39, 0.29) is 12.1 Å². The summed E-state index contributed by atoms with van der Waals surface area (Å²) in [5.41, 5.74) is 6.51. The van der Waals surface area contributed by atoms with Gasteiger partial charge in [0.15, 0.2) is 0 Å². The van der Waals surface area contributed by atoms with Crippen molar-refractivity contribution in [2.24, 2.45) is 11.7 Å². The lowest BCUT2D eigenvalue weighted by molar-refractivity contribution is 0.202. The van der Waals surface area contributed by atoms with Gasteiger partial charge in [0.2, 0.25) is 0 Å². The van der Waals surface area contributed by atoms with Crippen molar-refractivity contribution in [2.45, 2.75) is 19.4 Å². The Hall–Kier alpha value is -1.75. The van der Waals surface area contributed by atoms with E-state index in [1.165, 1.54) is 0 Å². The van der Waals surface area contributed by atoms with Crippen LogP contribution in [0.15, 0.2) is 24.3 Å². The summed E-state index contributed by atoms with van der Waals surface area (Å²) in [5, 5.41) is 2.90. The first-order valence-electron chi connectivity index (χ1n) is 6.57. The molecule has 1 aliphatic rings. The monoisotopic (exact) mass is 263 g/mol. The van der Waals surface area contributed by atoms with Gasteiger partial charge in [-0.15, -0.1) is 0 Å². The second kappa shape index (κ2) is 5.93. The minimum absolute atomic E-state index is 0.0787. The molecule has 2 unspecified atom stereocenters. The summed E-state index contributed by atoms with van der Waals surface area (Å²) >= 11 is 0. The van der Waals surface area contributed by atoms with Gasteiger partial charge >= 0.3 is 6.03 Å². The van der Waals surface area contributed by atoms with Gasteiger partial charge in [-0.2, -0.15) is 0 Å². The van der Waals surface area contributed by atoms with Crippen molar-refractivity contribution >= 4 is 11.7 Å². The second-order valence-corrected chi connectivity index (χ2v) is 4.92. The van der Waals surface area contributed by atoms with Crippen LogP contribution in [0.5, 0.6) is 5.75 Å². The minimum Gasteiger partial charge on any atom is -0.497 e. The van der Waals surface area contributed by atoms with E-state index in [1.807, 2.05) is 29.2 Å². The van der Waals surface area contributed by atoms with Crippen LogP contribution >= 0.6 is 0 Å². The molecule has 1 aromatic carbocycles. The number of urea groups is 1. The molecule has 19 heavy (non-hydrogen) atoms. The van der Waals surface area contributed by atoms with E-state index in [2.05, 4.69) is 12.2 Å². The van der Waals surface area contributed by atoms with E-state index >= 15 is 0 Å². The van der Waals surface area contributed by atoms with E-state index in [1.54, 1.807) is 7.11 Å². The van der Waals surface area contributed by atoms with Gasteiger partial charge in [0, 0.05) is 24.8 Å². The third kappa shape index (κ3) is 2.98. The number of methoxy groups -OCH3 is 1. The normalized spacial score (nSPS) is 22.4. The Morgan fingerprint density at radius 2 is 2.16 bits per heavy atom. The molecule has 1 saturated heterocycles. The highest BCUT2D eigenvalue weighted by molar-refractivity contribution is 5.89. The summed E-state index contributed by atoms with van der Waals surface area (Å²) < 4.78 is 5.08. The molecule has 1 aromatic rings. The zero-order chi connectivity index (χ0) is 13.8. The average molecular weight is 263 g/mol. The Morgan fingerprint density at radius 3 is 2.74 bits per heavy atom. The molecule has 0 aliphatic carbocycles. The topological polar surface area (TPSA) is 67.6 Å². The lowest BCUT2D eigenvalue weighted by Gasteiger charge is -2.25. The van der Waals surface area contributed by atoms with Crippen molar-refractivity contribution in [3.63, 3.8) is 0 Å². The number of anilines is 1. The standard InChI is InChI=1S/C14H21N3O2/c1-10-7-8-17(13(10)9-15)14(18)16-11-3-5-12(19-2)6-4-11/h3-6,10,13H,7-9,15H2,1-2H3,(H,16,18). The van der Waals surface area contributed by atoms with Crippen LogP contribution in [0.2, 0.25) is 0 Å². The number of nitrogens with two attached hydrogens (primary N) is 1. The van der Waals surface area contributed by atoms with Gasteiger partial charge in [0.1, 0.15) is 5.75 Å². The number of nitrogens with zero attached hydrogens (tertiary/aromatic N) is 1. The quantitative estimate of drug-likeness (QED) is 0.875. The van der Waals surface area contributed by atoms with Crippen LogP contribution in [0, 0.1) is 5.92 Å². The Morgan fingerprint density at radius 1 is 1.47 bits per heavy atom. The van der Waals surface area contributed by atoms with Crippen molar-refractivity contribution in [1.82, 2.24) is 4.90 Å². The van der Waals surface area contributed by atoms with Gasteiger partial charge in [0.05, 0.1) is 7.11 Å². The fraction of sp³-hybridized carbons (Fsp3) is 0.500. The van der Waals surface area contributed by atoms with Crippen molar-refractivity contribution in [3.8, 4) is 5.75 Å². The average Bonchev–Trinajstić information content (AvgIpc) is 2.80. The molecule has 2 rings (SSSR count). The van der Waals surface area contributed by atoms with E-state index in [9.17, 15) is 4.79 Å². The Labute approximate surface area is 113 Å². The number of ether oxygens (including phenoxy) is 1. The minimum atomic E-state index is -0.0787. The zero-order valence-electron chi connectivity index (χ0n) is 11.4. The maximum atomic E-state index is 12.2. The molecule has 0 saturated carbocycles. The summed E-state index contributed by atoms with van der Waals surface area (Å²) in [5.74, 6) is 1.24. The van der Waals surface area contributed by atoms with Crippen LogP contribution in [0.3, 0.4) is 0 Å². The number of nitrogens with one attached hydrogen (secondary N) is 1. The number of hydrogen-bond donors (Lipinski definition) is 2. The predicted molar refractivity (Wildman–Crippen MR) is 75.3 cm³/mol. The molecule has 5 nitrogen and oxygen atoms in total. The van der Waals surface area contributed by atoms with E-state index in [0.29, 0.717) is 12.5 Å². The number of amides is 2. The van der Waals surface area contributed by atoms with Crippen molar-refractivity contribution in [1.29, 1.82) is 0 Å².